The van der Waals surface area contributed by atoms with Crippen LogP contribution in [0.4, 0.5) is 13.2 Å². The van der Waals surface area contributed by atoms with Gasteiger partial charge in [-0.2, -0.15) is 0 Å². The molecule has 4 nitrogen and oxygen atoms in total. The average molecular weight is 300 g/mol. The van der Waals surface area contributed by atoms with Gasteiger partial charge >= 0.3 is 0 Å². The molecule has 0 aliphatic carbocycles. The van der Waals surface area contributed by atoms with E-state index in [1.54, 1.807) is 14.1 Å². The molecule has 1 heterocycles. The Labute approximate surface area is 120 Å². The fraction of sp³-hybridized carbons (Fsp3) is 0.429. The molecule has 0 bridgehead atoms. The molecule has 0 radical (unpaired) electrons. The highest BCUT2D eigenvalue weighted by molar-refractivity contribution is 5.97. The van der Waals surface area contributed by atoms with Gasteiger partial charge in [-0.05, 0) is 25.0 Å². The van der Waals surface area contributed by atoms with Crippen LogP contribution in [0.25, 0.3) is 0 Å². The molecule has 0 saturated carbocycles. The second kappa shape index (κ2) is 5.75. The number of benzene rings is 1. The van der Waals surface area contributed by atoms with Crippen molar-refractivity contribution in [3.05, 3.63) is 35.1 Å². The highest BCUT2D eigenvalue weighted by atomic mass is 19.2. The van der Waals surface area contributed by atoms with Gasteiger partial charge in [0.25, 0.3) is 5.91 Å². The fourth-order valence-corrected chi connectivity index (χ4v) is 2.41. The van der Waals surface area contributed by atoms with Crippen LogP contribution in [-0.4, -0.2) is 48.3 Å². The maximum atomic E-state index is 13.2. The Bertz CT molecular complexity index is 567. The first-order chi connectivity index (χ1) is 9.82. The molecule has 1 unspecified atom stereocenters. The first-order valence-corrected chi connectivity index (χ1v) is 6.49. The summed E-state index contributed by atoms with van der Waals surface area (Å²) >= 11 is 0. The first kappa shape index (κ1) is 15.3. The average Bonchev–Trinajstić information content (AvgIpc) is 2.91. The SMILES string of the molecule is CN(C)C(=O)C1CCCN1C(=O)c1cc(F)c(F)c(F)c1. The summed E-state index contributed by atoms with van der Waals surface area (Å²) < 4.78 is 39.3. The van der Waals surface area contributed by atoms with Crippen LogP contribution < -0.4 is 0 Å². The number of hydrogen-bond acceptors (Lipinski definition) is 2. The first-order valence-electron chi connectivity index (χ1n) is 6.49. The van der Waals surface area contributed by atoms with E-state index in [9.17, 15) is 22.8 Å². The molecular weight excluding hydrogens is 285 g/mol. The van der Waals surface area contributed by atoms with Crippen molar-refractivity contribution in [3.63, 3.8) is 0 Å². The minimum atomic E-state index is -1.62. The number of rotatable bonds is 2. The highest BCUT2D eigenvalue weighted by Crippen LogP contribution is 2.23. The quantitative estimate of drug-likeness (QED) is 0.781. The van der Waals surface area contributed by atoms with Gasteiger partial charge in [-0.3, -0.25) is 9.59 Å². The molecule has 0 aromatic heterocycles. The third kappa shape index (κ3) is 2.86. The van der Waals surface area contributed by atoms with E-state index in [0.717, 1.165) is 0 Å². The smallest absolute Gasteiger partial charge is 0.254 e. The lowest BCUT2D eigenvalue weighted by Gasteiger charge is -2.26. The number of carbonyl (C=O) groups excluding carboxylic acids is 2. The lowest BCUT2D eigenvalue weighted by molar-refractivity contribution is -0.132. The van der Waals surface area contributed by atoms with Crippen molar-refractivity contribution in [2.75, 3.05) is 20.6 Å². The molecule has 1 aliphatic heterocycles. The Kier molecular flexibility index (Phi) is 4.20. The summed E-state index contributed by atoms with van der Waals surface area (Å²) in [5, 5.41) is 0. The van der Waals surface area contributed by atoms with Crippen molar-refractivity contribution < 1.29 is 22.8 Å². The zero-order chi connectivity index (χ0) is 15.7. The standard InChI is InChI=1S/C14H15F3N2O2/c1-18(2)14(21)11-4-3-5-19(11)13(20)8-6-9(15)12(17)10(16)7-8/h6-7,11H,3-5H2,1-2H3. The van der Waals surface area contributed by atoms with E-state index >= 15 is 0 Å². The van der Waals surface area contributed by atoms with Crippen LogP contribution in [0.2, 0.25) is 0 Å². The normalized spacial score (nSPS) is 18.0. The molecular formula is C14H15F3N2O2. The number of likely N-dealkylation sites (tertiary alicyclic amines) is 1. The minimum absolute atomic E-state index is 0.246. The molecule has 1 aromatic carbocycles. The Balaban J connectivity index is 2.29. The zero-order valence-electron chi connectivity index (χ0n) is 11.7. The molecule has 1 saturated heterocycles. The molecule has 0 N–H and O–H groups in total. The van der Waals surface area contributed by atoms with Gasteiger partial charge in [0.2, 0.25) is 5.91 Å². The van der Waals surface area contributed by atoms with Gasteiger partial charge in [0.1, 0.15) is 6.04 Å². The van der Waals surface area contributed by atoms with Crippen LogP contribution in [0.1, 0.15) is 23.2 Å². The van der Waals surface area contributed by atoms with Crippen molar-refractivity contribution in [1.82, 2.24) is 9.80 Å². The number of amides is 2. The summed E-state index contributed by atoms with van der Waals surface area (Å²) in [6.07, 6.45) is 1.12. The molecule has 7 heteroatoms. The predicted octanol–water partition coefficient (Wildman–Crippen LogP) is 1.80. The zero-order valence-corrected chi connectivity index (χ0v) is 11.7. The third-order valence-electron chi connectivity index (χ3n) is 3.47. The summed E-state index contributed by atoms with van der Waals surface area (Å²) in [7, 11) is 3.14. The summed E-state index contributed by atoms with van der Waals surface area (Å²) in [6.45, 7) is 0.323. The van der Waals surface area contributed by atoms with Gasteiger partial charge in [0, 0.05) is 26.2 Å². The summed E-state index contributed by atoms with van der Waals surface area (Å²) in [6, 6.07) is 0.649. The highest BCUT2D eigenvalue weighted by Gasteiger charge is 2.35. The number of hydrogen-bond donors (Lipinski definition) is 0. The van der Waals surface area contributed by atoms with E-state index in [-0.39, 0.29) is 11.5 Å². The Morgan fingerprint density at radius 3 is 2.29 bits per heavy atom. The van der Waals surface area contributed by atoms with E-state index in [1.807, 2.05) is 0 Å². The molecule has 2 rings (SSSR count). The van der Waals surface area contributed by atoms with Crippen molar-refractivity contribution in [2.24, 2.45) is 0 Å². The number of carbonyl (C=O) groups is 2. The minimum Gasteiger partial charge on any atom is -0.347 e. The molecule has 0 spiro atoms. The Morgan fingerprint density at radius 2 is 1.76 bits per heavy atom. The molecule has 1 fully saturated rings. The van der Waals surface area contributed by atoms with E-state index in [0.29, 0.717) is 31.5 Å². The maximum Gasteiger partial charge on any atom is 0.254 e. The van der Waals surface area contributed by atoms with Gasteiger partial charge in [-0.15, -0.1) is 0 Å². The van der Waals surface area contributed by atoms with Crippen molar-refractivity contribution in [1.29, 1.82) is 0 Å². The van der Waals surface area contributed by atoms with E-state index in [1.165, 1.54) is 9.80 Å². The maximum absolute atomic E-state index is 13.2. The Morgan fingerprint density at radius 1 is 1.19 bits per heavy atom. The van der Waals surface area contributed by atoms with E-state index in [4.69, 9.17) is 0 Å². The molecule has 1 aliphatic rings. The fourth-order valence-electron chi connectivity index (χ4n) is 2.41. The predicted molar refractivity (Wildman–Crippen MR) is 69.1 cm³/mol. The number of nitrogens with zero attached hydrogens (tertiary/aromatic N) is 2. The van der Waals surface area contributed by atoms with Gasteiger partial charge < -0.3 is 9.80 Å². The molecule has 1 atom stereocenters. The van der Waals surface area contributed by atoms with Crippen molar-refractivity contribution >= 4 is 11.8 Å². The third-order valence-corrected chi connectivity index (χ3v) is 3.47. The topological polar surface area (TPSA) is 40.6 Å². The van der Waals surface area contributed by atoms with E-state index in [2.05, 4.69) is 0 Å². The van der Waals surface area contributed by atoms with Crippen molar-refractivity contribution in [3.8, 4) is 0 Å². The summed E-state index contributed by atoms with van der Waals surface area (Å²) in [5.74, 6) is -5.38. The van der Waals surface area contributed by atoms with Crippen LogP contribution in [0, 0.1) is 17.5 Å². The van der Waals surface area contributed by atoms with Crippen LogP contribution in [0.3, 0.4) is 0 Å². The second-order valence-electron chi connectivity index (χ2n) is 5.14. The van der Waals surface area contributed by atoms with Crippen LogP contribution >= 0.6 is 0 Å². The summed E-state index contributed by atoms with van der Waals surface area (Å²) in [4.78, 5) is 26.9. The molecule has 21 heavy (non-hydrogen) atoms. The van der Waals surface area contributed by atoms with Gasteiger partial charge in [-0.25, -0.2) is 13.2 Å². The van der Waals surface area contributed by atoms with Gasteiger partial charge in [-0.1, -0.05) is 0 Å². The second-order valence-corrected chi connectivity index (χ2v) is 5.14. The number of likely N-dealkylation sites (N-methyl/N-ethyl adjacent to an activating group) is 1. The Hall–Kier alpha value is -2.05. The van der Waals surface area contributed by atoms with Crippen LogP contribution in [-0.2, 0) is 4.79 Å². The van der Waals surface area contributed by atoms with Crippen molar-refractivity contribution in [2.45, 2.75) is 18.9 Å². The van der Waals surface area contributed by atoms with E-state index < -0.39 is 29.4 Å². The lowest BCUT2D eigenvalue weighted by atomic mass is 10.1. The van der Waals surface area contributed by atoms with Gasteiger partial charge in [0.05, 0.1) is 0 Å². The monoisotopic (exact) mass is 300 g/mol. The summed E-state index contributed by atoms with van der Waals surface area (Å²) in [5.41, 5.74) is -0.301. The molecule has 1 aromatic rings. The largest absolute Gasteiger partial charge is 0.347 e. The molecule has 2 amide bonds. The lowest BCUT2D eigenvalue weighted by Crippen LogP contribution is -2.45. The number of halogens is 3. The van der Waals surface area contributed by atoms with Crippen LogP contribution in [0.15, 0.2) is 12.1 Å². The van der Waals surface area contributed by atoms with Gasteiger partial charge in [0.15, 0.2) is 17.5 Å². The molecule has 114 valence electrons. The van der Waals surface area contributed by atoms with Crippen LogP contribution in [0.5, 0.6) is 0 Å².